The van der Waals surface area contributed by atoms with Gasteiger partial charge in [0.15, 0.2) is 0 Å². The van der Waals surface area contributed by atoms with E-state index in [9.17, 15) is 4.79 Å². The molecule has 1 aliphatic heterocycles. The van der Waals surface area contributed by atoms with Crippen molar-refractivity contribution in [2.75, 3.05) is 13.0 Å². The van der Waals surface area contributed by atoms with Crippen LogP contribution in [0.15, 0.2) is 58.1 Å². The average molecular weight is 422 g/mol. The number of hydrogen-bond donors (Lipinski definition) is 0. The summed E-state index contributed by atoms with van der Waals surface area (Å²) in [6.45, 7) is 0. The second-order valence-corrected chi connectivity index (χ2v) is 7.02. The van der Waals surface area contributed by atoms with Crippen molar-refractivity contribution >= 4 is 39.1 Å². The molecule has 1 heterocycles. The summed E-state index contributed by atoms with van der Waals surface area (Å²) in [5, 5.41) is 6.17. The van der Waals surface area contributed by atoms with Crippen molar-refractivity contribution in [2.24, 2.45) is 5.10 Å². The maximum absolute atomic E-state index is 12.5. The van der Waals surface area contributed by atoms with E-state index < -0.39 is 0 Å². The van der Waals surface area contributed by atoms with E-state index >= 15 is 0 Å². The van der Waals surface area contributed by atoms with E-state index in [1.807, 2.05) is 48.5 Å². The fraction of sp³-hybridized carbons (Fsp3) is 0.263. The quantitative estimate of drug-likeness (QED) is 0.653. The van der Waals surface area contributed by atoms with Crippen LogP contribution < -0.4 is 4.74 Å². The third-order valence-electron chi connectivity index (χ3n) is 4.15. The van der Waals surface area contributed by atoms with Gasteiger partial charge in [-0.15, -0.1) is 11.6 Å². The topological polar surface area (TPSA) is 41.9 Å². The molecule has 4 nitrogen and oxygen atoms in total. The predicted octanol–water partition coefficient (Wildman–Crippen LogP) is 4.76. The predicted molar refractivity (Wildman–Crippen MR) is 103 cm³/mol. The molecule has 3 rings (SSSR count). The summed E-state index contributed by atoms with van der Waals surface area (Å²) in [6, 6.07) is 15.6. The van der Waals surface area contributed by atoms with Crippen molar-refractivity contribution in [1.29, 1.82) is 0 Å². The van der Waals surface area contributed by atoms with Gasteiger partial charge in [0.25, 0.3) is 0 Å². The molecule has 0 spiro atoms. The first kappa shape index (κ1) is 18.0. The van der Waals surface area contributed by atoms with E-state index in [2.05, 4.69) is 21.0 Å². The maximum Gasteiger partial charge on any atom is 0.244 e. The minimum absolute atomic E-state index is 0.0667. The summed E-state index contributed by atoms with van der Waals surface area (Å²) in [5.41, 5.74) is 2.94. The number of carbonyl (C=O) groups is 1. The van der Waals surface area contributed by atoms with Crippen molar-refractivity contribution in [2.45, 2.75) is 18.9 Å². The van der Waals surface area contributed by atoms with Crippen LogP contribution in [0.25, 0.3) is 0 Å². The molecule has 0 N–H and O–H groups in total. The van der Waals surface area contributed by atoms with Gasteiger partial charge in [-0.05, 0) is 35.4 Å². The third kappa shape index (κ3) is 4.05. The van der Waals surface area contributed by atoms with Gasteiger partial charge in [-0.25, -0.2) is 5.01 Å². The van der Waals surface area contributed by atoms with Crippen LogP contribution >= 0.6 is 27.5 Å². The molecular weight excluding hydrogens is 404 g/mol. The molecule has 1 aliphatic rings. The molecule has 2 aromatic rings. The number of benzene rings is 2. The van der Waals surface area contributed by atoms with Gasteiger partial charge < -0.3 is 4.74 Å². The number of nitrogens with zero attached hydrogens (tertiary/aromatic N) is 2. The minimum Gasteiger partial charge on any atom is -0.497 e. The highest BCUT2D eigenvalue weighted by Gasteiger charge is 2.32. The Hall–Kier alpha value is -1.85. The highest BCUT2D eigenvalue weighted by molar-refractivity contribution is 9.10. The molecule has 25 heavy (non-hydrogen) atoms. The molecule has 0 radical (unpaired) electrons. The van der Waals surface area contributed by atoms with Crippen molar-refractivity contribution in [3.63, 3.8) is 0 Å². The van der Waals surface area contributed by atoms with Gasteiger partial charge in [-0.2, -0.15) is 5.10 Å². The molecule has 6 heteroatoms. The lowest BCUT2D eigenvalue weighted by Gasteiger charge is -2.22. The number of ether oxygens (including phenoxy) is 1. The van der Waals surface area contributed by atoms with Gasteiger partial charge in [0.05, 0.1) is 18.9 Å². The summed E-state index contributed by atoms with van der Waals surface area (Å²) in [7, 11) is 1.63. The Labute approximate surface area is 160 Å². The zero-order valence-corrected chi connectivity index (χ0v) is 16.1. The Morgan fingerprint density at radius 3 is 2.52 bits per heavy atom. The van der Waals surface area contributed by atoms with Crippen molar-refractivity contribution < 1.29 is 9.53 Å². The van der Waals surface area contributed by atoms with Crippen LogP contribution in [0.3, 0.4) is 0 Å². The molecule has 0 bridgehead atoms. The van der Waals surface area contributed by atoms with Crippen molar-refractivity contribution in [1.82, 2.24) is 5.01 Å². The molecule has 2 aromatic carbocycles. The zero-order chi connectivity index (χ0) is 17.8. The molecule has 0 saturated heterocycles. The van der Waals surface area contributed by atoms with Gasteiger partial charge >= 0.3 is 0 Å². The summed E-state index contributed by atoms with van der Waals surface area (Å²) in [4.78, 5) is 12.5. The first-order chi connectivity index (χ1) is 12.1. The van der Waals surface area contributed by atoms with Crippen molar-refractivity contribution in [3.05, 3.63) is 64.1 Å². The lowest BCUT2D eigenvalue weighted by Crippen LogP contribution is -2.27. The normalized spacial score (nSPS) is 16.7. The van der Waals surface area contributed by atoms with Crippen LogP contribution in [0.1, 0.15) is 30.0 Å². The molecule has 0 fully saturated rings. The number of alkyl halides is 1. The Balaban J connectivity index is 1.91. The largest absolute Gasteiger partial charge is 0.497 e. The number of halogens is 2. The summed E-state index contributed by atoms with van der Waals surface area (Å²) >= 11 is 9.20. The highest BCUT2D eigenvalue weighted by Crippen LogP contribution is 2.34. The fourth-order valence-electron chi connectivity index (χ4n) is 2.84. The van der Waals surface area contributed by atoms with Crippen LogP contribution in [-0.4, -0.2) is 29.6 Å². The van der Waals surface area contributed by atoms with Crippen LogP contribution in [0.2, 0.25) is 0 Å². The summed E-state index contributed by atoms with van der Waals surface area (Å²) in [6.07, 6.45) is 0.938. The molecule has 1 amide bonds. The van der Waals surface area contributed by atoms with Crippen LogP contribution in [0, 0.1) is 0 Å². The number of methoxy groups -OCH3 is 1. The summed E-state index contributed by atoms with van der Waals surface area (Å²) < 4.78 is 6.23. The SMILES string of the molecule is COc1ccc(C2CC(c3ccc(Br)cc3)=NN2C(=O)CCCl)cc1. The highest BCUT2D eigenvalue weighted by atomic mass is 79.9. The first-order valence-corrected chi connectivity index (χ1v) is 9.30. The van der Waals surface area contributed by atoms with E-state index in [4.69, 9.17) is 16.3 Å². The standard InChI is InChI=1S/C19H18BrClN2O2/c1-25-16-8-4-14(5-9-16)18-12-17(13-2-6-15(20)7-3-13)22-23(18)19(24)10-11-21/h2-9,18H,10-12H2,1H3. The lowest BCUT2D eigenvalue weighted by atomic mass is 9.98. The number of hydrazone groups is 1. The molecular formula is C19H18BrClN2O2. The Bertz CT molecular complexity index is 775. The van der Waals surface area contributed by atoms with Crippen LogP contribution in [0.4, 0.5) is 0 Å². The Kier molecular flexibility index (Phi) is 5.76. The Morgan fingerprint density at radius 1 is 1.24 bits per heavy atom. The van der Waals surface area contributed by atoms with E-state index in [0.29, 0.717) is 6.42 Å². The lowest BCUT2D eigenvalue weighted by molar-refractivity contribution is -0.132. The molecule has 0 aliphatic carbocycles. The third-order valence-corrected chi connectivity index (χ3v) is 4.87. The van der Waals surface area contributed by atoms with E-state index in [-0.39, 0.29) is 24.2 Å². The maximum atomic E-state index is 12.5. The number of rotatable bonds is 5. The molecule has 0 aromatic heterocycles. The average Bonchev–Trinajstić information content (AvgIpc) is 3.08. The number of amides is 1. The van der Waals surface area contributed by atoms with E-state index in [1.165, 1.54) is 0 Å². The fourth-order valence-corrected chi connectivity index (χ4v) is 3.26. The molecule has 0 saturated carbocycles. The second kappa shape index (κ2) is 8.02. The first-order valence-electron chi connectivity index (χ1n) is 7.97. The Morgan fingerprint density at radius 2 is 1.92 bits per heavy atom. The number of hydrogen-bond acceptors (Lipinski definition) is 3. The second-order valence-electron chi connectivity index (χ2n) is 5.72. The molecule has 130 valence electrons. The van der Waals surface area contributed by atoms with Gasteiger partial charge in [0.1, 0.15) is 5.75 Å². The van der Waals surface area contributed by atoms with Gasteiger partial charge in [-0.1, -0.05) is 40.2 Å². The molecule has 1 unspecified atom stereocenters. The smallest absolute Gasteiger partial charge is 0.244 e. The van der Waals surface area contributed by atoms with E-state index in [1.54, 1.807) is 12.1 Å². The van der Waals surface area contributed by atoms with Crippen LogP contribution in [-0.2, 0) is 4.79 Å². The van der Waals surface area contributed by atoms with E-state index in [0.717, 1.165) is 27.1 Å². The summed E-state index contributed by atoms with van der Waals surface area (Å²) in [5.74, 6) is 1.01. The number of carbonyl (C=O) groups excluding carboxylic acids is 1. The zero-order valence-electron chi connectivity index (χ0n) is 13.8. The minimum atomic E-state index is -0.125. The molecule has 1 atom stereocenters. The van der Waals surface area contributed by atoms with Gasteiger partial charge in [-0.3, -0.25) is 4.79 Å². The monoisotopic (exact) mass is 420 g/mol. The van der Waals surface area contributed by atoms with Crippen LogP contribution in [0.5, 0.6) is 5.75 Å². The van der Waals surface area contributed by atoms with Gasteiger partial charge in [0, 0.05) is 23.2 Å². The van der Waals surface area contributed by atoms with Gasteiger partial charge in [0.2, 0.25) is 5.91 Å². The van der Waals surface area contributed by atoms with Crippen molar-refractivity contribution in [3.8, 4) is 5.75 Å².